The third kappa shape index (κ3) is 4.43. The molecule has 2 aromatic carbocycles. The minimum absolute atomic E-state index is 0.0688. The number of halogens is 2. The fourth-order valence-electron chi connectivity index (χ4n) is 3.36. The third-order valence-corrected chi connectivity index (χ3v) is 6.38. The summed E-state index contributed by atoms with van der Waals surface area (Å²) in [4.78, 5) is 4.22. The first-order valence-corrected chi connectivity index (χ1v) is 11.5. The standard InChI is InChI=1S/C18H17BrFN7O4S/c19-12-9-10(5-6-13(12)20)22-17(24-28)16-18(26-31-25-16)23-14-7-8-27(32(21,29)30)15-4-2-1-3-11(14)15/h1-6,9,14,28H,7-8H2,(H,22,24)(H,23,26)(H2,21,29,30). The van der Waals surface area contributed by atoms with Crippen LogP contribution in [0.2, 0.25) is 0 Å². The number of nitrogens with zero attached hydrogens (tertiary/aromatic N) is 4. The number of amidine groups is 1. The monoisotopic (exact) mass is 525 g/mol. The van der Waals surface area contributed by atoms with Gasteiger partial charge in [-0.15, -0.1) is 0 Å². The number of nitrogens with one attached hydrogen (secondary N) is 2. The molecule has 3 aromatic rings. The van der Waals surface area contributed by atoms with E-state index < -0.39 is 16.0 Å². The molecule has 2 heterocycles. The Kier molecular flexibility index (Phi) is 6.10. The van der Waals surface area contributed by atoms with Crippen molar-refractivity contribution in [3.8, 4) is 0 Å². The van der Waals surface area contributed by atoms with E-state index in [1.807, 2.05) is 5.48 Å². The lowest BCUT2D eigenvalue weighted by molar-refractivity contribution is 0.234. The summed E-state index contributed by atoms with van der Waals surface area (Å²) in [6.07, 6.45) is 0.379. The Bertz CT molecular complexity index is 1280. The number of anilines is 2. The van der Waals surface area contributed by atoms with Gasteiger partial charge in [-0.1, -0.05) is 18.2 Å². The third-order valence-electron chi connectivity index (χ3n) is 4.78. The van der Waals surface area contributed by atoms with Crippen molar-refractivity contribution in [2.24, 2.45) is 10.1 Å². The predicted molar refractivity (Wildman–Crippen MR) is 117 cm³/mol. The second-order valence-corrected chi connectivity index (χ2v) is 9.12. The van der Waals surface area contributed by atoms with Gasteiger partial charge >= 0.3 is 0 Å². The molecule has 1 aromatic heterocycles. The number of rotatable bonds is 5. The first-order chi connectivity index (χ1) is 15.3. The summed E-state index contributed by atoms with van der Waals surface area (Å²) >= 11 is 3.08. The minimum Gasteiger partial charge on any atom is -0.358 e. The summed E-state index contributed by atoms with van der Waals surface area (Å²) in [5, 5.41) is 25.7. The molecule has 0 spiro atoms. The number of benzene rings is 2. The van der Waals surface area contributed by atoms with Crippen LogP contribution in [-0.2, 0) is 10.2 Å². The van der Waals surface area contributed by atoms with Gasteiger partial charge in [-0.2, -0.15) is 8.42 Å². The molecule has 1 aliphatic rings. The van der Waals surface area contributed by atoms with Crippen LogP contribution in [0, 0.1) is 5.82 Å². The van der Waals surface area contributed by atoms with Crippen molar-refractivity contribution in [1.82, 2.24) is 15.8 Å². The molecule has 5 N–H and O–H groups in total. The molecule has 0 saturated carbocycles. The van der Waals surface area contributed by atoms with E-state index in [0.717, 1.165) is 4.31 Å². The Morgan fingerprint density at radius 1 is 1.31 bits per heavy atom. The molecular formula is C18H17BrFN7O4S. The molecule has 0 fully saturated rings. The van der Waals surface area contributed by atoms with E-state index in [-0.39, 0.29) is 34.4 Å². The van der Waals surface area contributed by atoms with Gasteiger partial charge in [-0.3, -0.25) is 15.0 Å². The molecule has 1 unspecified atom stereocenters. The van der Waals surface area contributed by atoms with E-state index in [1.165, 1.54) is 18.2 Å². The lowest BCUT2D eigenvalue weighted by Crippen LogP contribution is -2.42. The van der Waals surface area contributed by atoms with Gasteiger partial charge in [-0.25, -0.2) is 19.2 Å². The predicted octanol–water partition coefficient (Wildman–Crippen LogP) is 2.60. The average Bonchev–Trinajstić information content (AvgIpc) is 3.22. The van der Waals surface area contributed by atoms with Crippen LogP contribution in [0.4, 0.5) is 21.6 Å². The highest BCUT2D eigenvalue weighted by molar-refractivity contribution is 9.10. The van der Waals surface area contributed by atoms with Crippen molar-refractivity contribution in [3.05, 3.63) is 64.0 Å². The van der Waals surface area contributed by atoms with Crippen LogP contribution in [0.3, 0.4) is 0 Å². The zero-order chi connectivity index (χ0) is 22.9. The van der Waals surface area contributed by atoms with Crippen LogP contribution in [0.1, 0.15) is 23.7 Å². The number of nitrogens with two attached hydrogens (primary N) is 1. The van der Waals surface area contributed by atoms with E-state index in [0.29, 0.717) is 23.4 Å². The summed E-state index contributed by atoms with van der Waals surface area (Å²) in [7, 11) is -3.93. The summed E-state index contributed by atoms with van der Waals surface area (Å²) < 4.78 is 43.5. The molecule has 11 nitrogen and oxygen atoms in total. The van der Waals surface area contributed by atoms with Gasteiger partial charge in [0.05, 0.1) is 21.9 Å². The number of hydrogen-bond acceptors (Lipinski definition) is 8. The summed E-state index contributed by atoms with van der Waals surface area (Å²) in [5.74, 6) is -0.393. The molecule has 1 atom stereocenters. The zero-order valence-electron chi connectivity index (χ0n) is 16.2. The Morgan fingerprint density at radius 3 is 2.81 bits per heavy atom. The Labute approximate surface area is 190 Å². The highest BCUT2D eigenvalue weighted by Crippen LogP contribution is 2.36. The van der Waals surface area contributed by atoms with Crippen LogP contribution in [0.5, 0.6) is 0 Å². The van der Waals surface area contributed by atoms with Crippen LogP contribution in [0.25, 0.3) is 0 Å². The number of aromatic nitrogens is 2. The highest BCUT2D eigenvalue weighted by Gasteiger charge is 2.31. The largest absolute Gasteiger partial charge is 0.358 e. The number of hydroxylamine groups is 1. The summed E-state index contributed by atoms with van der Waals surface area (Å²) in [5.41, 5.74) is 3.47. The SMILES string of the molecule is NS(=O)(=O)N1CCC(Nc2nonc2C(=Nc2ccc(F)c(Br)c2)NO)c2ccccc21. The maximum Gasteiger partial charge on any atom is 0.299 e. The second-order valence-electron chi connectivity index (χ2n) is 6.79. The Morgan fingerprint density at radius 2 is 2.09 bits per heavy atom. The summed E-state index contributed by atoms with van der Waals surface area (Å²) in [6, 6.07) is 10.6. The van der Waals surface area contributed by atoms with Crippen molar-refractivity contribution >= 4 is 49.2 Å². The first kappa shape index (κ1) is 22.1. The Hall–Kier alpha value is -3.07. The lowest BCUT2D eigenvalue weighted by atomic mass is 9.98. The van der Waals surface area contributed by atoms with Crippen LogP contribution in [0.15, 0.2) is 56.6 Å². The molecule has 0 saturated heterocycles. The number of aliphatic imine (C=N–C) groups is 1. The molecule has 4 rings (SSSR count). The minimum atomic E-state index is -3.93. The molecule has 0 bridgehead atoms. The van der Waals surface area contributed by atoms with Gasteiger partial charge in [-0.05, 0) is 62.5 Å². The van der Waals surface area contributed by atoms with Crippen molar-refractivity contribution < 1.29 is 22.6 Å². The van der Waals surface area contributed by atoms with Gasteiger partial charge in [0, 0.05) is 6.54 Å². The zero-order valence-corrected chi connectivity index (χ0v) is 18.6. The van der Waals surface area contributed by atoms with Crippen molar-refractivity contribution in [1.29, 1.82) is 0 Å². The molecule has 1 aliphatic heterocycles. The highest BCUT2D eigenvalue weighted by atomic mass is 79.9. The van der Waals surface area contributed by atoms with E-state index in [4.69, 9.17) is 9.77 Å². The van der Waals surface area contributed by atoms with Crippen LogP contribution in [-0.4, -0.2) is 36.3 Å². The van der Waals surface area contributed by atoms with E-state index in [9.17, 15) is 18.0 Å². The number of hydrogen-bond donors (Lipinski definition) is 4. The van der Waals surface area contributed by atoms with Gasteiger partial charge in [0.15, 0.2) is 11.5 Å². The fraction of sp³-hybridized carbons (Fsp3) is 0.167. The smallest absolute Gasteiger partial charge is 0.299 e. The van der Waals surface area contributed by atoms with Crippen molar-refractivity contribution in [3.63, 3.8) is 0 Å². The van der Waals surface area contributed by atoms with E-state index in [1.54, 1.807) is 24.3 Å². The molecule has 32 heavy (non-hydrogen) atoms. The number of fused-ring (bicyclic) bond motifs is 1. The molecule has 0 radical (unpaired) electrons. The molecular weight excluding hydrogens is 509 g/mol. The van der Waals surface area contributed by atoms with Gasteiger partial charge in [0.2, 0.25) is 5.82 Å². The molecule has 168 valence electrons. The second kappa shape index (κ2) is 8.82. The Balaban J connectivity index is 1.65. The van der Waals surface area contributed by atoms with Gasteiger partial charge < -0.3 is 5.32 Å². The molecule has 0 amide bonds. The molecule has 14 heteroatoms. The van der Waals surface area contributed by atoms with Crippen LogP contribution < -0.4 is 20.2 Å². The van der Waals surface area contributed by atoms with Gasteiger partial charge in [0.25, 0.3) is 10.2 Å². The maximum absolute atomic E-state index is 13.5. The first-order valence-electron chi connectivity index (χ1n) is 9.20. The maximum atomic E-state index is 13.5. The fourth-order valence-corrected chi connectivity index (χ4v) is 4.53. The summed E-state index contributed by atoms with van der Waals surface area (Å²) in [6.45, 7) is 0.150. The lowest BCUT2D eigenvalue weighted by Gasteiger charge is -2.34. The van der Waals surface area contributed by atoms with E-state index in [2.05, 4.69) is 36.6 Å². The normalized spacial score (nSPS) is 16.6. The van der Waals surface area contributed by atoms with Crippen molar-refractivity contribution in [2.75, 3.05) is 16.2 Å². The molecule has 0 aliphatic carbocycles. The quantitative estimate of drug-likeness (QED) is 0.224. The average molecular weight is 526 g/mol. The van der Waals surface area contributed by atoms with Gasteiger partial charge in [0.1, 0.15) is 5.82 Å². The topological polar surface area (TPSA) is 159 Å². The van der Waals surface area contributed by atoms with E-state index >= 15 is 0 Å². The van der Waals surface area contributed by atoms with Crippen LogP contribution >= 0.6 is 15.9 Å². The number of para-hydroxylation sites is 1. The van der Waals surface area contributed by atoms with Crippen molar-refractivity contribution in [2.45, 2.75) is 12.5 Å².